The third kappa shape index (κ3) is 3.70. The number of nitrogens with zero attached hydrogens (tertiary/aromatic N) is 4. The zero-order chi connectivity index (χ0) is 16.4. The Labute approximate surface area is 139 Å². The van der Waals surface area contributed by atoms with E-state index in [1.165, 1.54) is 0 Å². The molecule has 3 heterocycles. The van der Waals surface area contributed by atoms with Crippen molar-refractivity contribution in [2.45, 2.75) is 18.9 Å². The first kappa shape index (κ1) is 15.9. The molecule has 2 amide bonds. The van der Waals surface area contributed by atoms with E-state index < -0.39 is 0 Å². The molecule has 0 aromatic carbocycles. The van der Waals surface area contributed by atoms with E-state index in [1.54, 1.807) is 18.3 Å². The summed E-state index contributed by atoms with van der Waals surface area (Å²) in [6.45, 7) is 2.11. The summed E-state index contributed by atoms with van der Waals surface area (Å²) in [6, 6.07) is 2.11. The average molecular weight is 333 g/mol. The van der Waals surface area contributed by atoms with Crippen molar-refractivity contribution in [2.24, 2.45) is 0 Å². The van der Waals surface area contributed by atoms with E-state index in [0.29, 0.717) is 22.6 Å². The Morgan fingerprint density at radius 2 is 2.30 bits per heavy atom. The Bertz CT molecular complexity index is 663. The SMILES string of the molecule is CN1CCCC(N(C)c2nccc(/C=C3\SC(=O)NC3=O)n2)C1. The Kier molecular flexibility index (Phi) is 4.63. The van der Waals surface area contributed by atoms with Gasteiger partial charge in [0.05, 0.1) is 10.6 Å². The smallest absolute Gasteiger partial charge is 0.290 e. The molecule has 0 saturated carbocycles. The minimum Gasteiger partial charge on any atom is -0.340 e. The second-order valence-corrected chi connectivity index (χ2v) is 6.82. The van der Waals surface area contributed by atoms with E-state index in [4.69, 9.17) is 0 Å². The van der Waals surface area contributed by atoms with Gasteiger partial charge in [-0.15, -0.1) is 0 Å². The number of amides is 2. The molecule has 23 heavy (non-hydrogen) atoms. The molecule has 2 saturated heterocycles. The number of hydrogen-bond donors (Lipinski definition) is 1. The highest BCUT2D eigenvalue weighted by Crippen LogP contribution is 2.25. The molecule has 3 rings (SSSR count). The van der Waals surface area contributed by atoms with Crippen molar-refractivity contribution in [3.63, 3.8) is 0 Å². The van der Waals surface area contributed by atoms with Crippen molar-refractivity contribution >= 4 is 34.9 Å². The number of imide groups is 1. The molecule has 1 atom stereocenters. The number of piperidine rings is 1. The van der Waals surface area contributed by atoms with Gasteiger partial charge >= 0.3 is 0 Å². The summed E-state index contributed by atoms with van der Waals surface area (Å²) in [5.41, 5.74) is 0.623. The van der Waals surface area contributed by atoms with Crippen LogP contribution in [0.25, 0.3) is 6.08 Å². The maximum Gasteiger partial charge on any atom is 0.290 e. The number of likely N-dealkylation sites (N-methyl/N-ethyl adjacent to an activating group) is 2. The van der Waals surface area contributed by atoms with Gasteiger partial charge in [-0.25, -0.2) is 9.97 Å². The fourth-order valence-electron chi connectivity index (χ4n) is 2.79. The molecule has 0 radical (unpaired) electrons. The Morgan fingerprint density at radius 1 is 1.48 bits per heavy atom. The van der Waals surface area contributed by atoms with Crippen LogP contribution in [0.3, 0.4) is 0 Å². The number of rotatable bonds is 3. The molecule has 0 aliphatic carbocycles. The first-order valence-corrected chi connectivity index (χ1v) is 8.34. The van der Waals surface area contributed by atoms with Crippen molar-refractivity contribution in [1.29, 1.82) is 0 Å². The van der Waals surface area contributed by atoms with Gasteiger partial charge in [0.15, 0.2) is 0 Å². The topological polar surface area (TPSA) is 78.4 Å². The van der Waals surface area contributed by atoms with Crippen LogP contribution in [0.4, 0.5) is 10.7 Å². The highest BCUT2D eigenvalue weighted by Gasteiger charge is 2.26. The summed E-state index contributed by atoms with van der Waals surface area (Å²) < 4.78 is 0. The number of likely N-dealkylation sites (tertiary alicyclic amines) is 1. The molecule has 1 unspecified atom stereocenters. The quantitative estimate of drug-likeness (QED) is 0.836. The third-order valence-electron chi connectivity index (χ3n) is 4.05. The molecule has 1 N–H and O–H groups in total. The van der Waals surface area contributed by atoms with Crippen molar-refractivity contribution < 1.29 is 9.59 Å². The molecule has 2 aliphatic heterocycles. The van der Waals surface area contributed by atoms with Crippen LogP contribution in [0, 0.1) is 0 Å². The molecule has 0 bridgehead atoms. The fourth-order valence-corrected chi connectivity index (χ4v) is 3.45. The number of nitrogens with one attached hydrogen (secondary N) is 1. The second kappa shape index (κ2) is 6.67. The number of thioether (sulfide) groups is 1. The Morgan fingerprint density at radius 3 is 3.00 bits per heavy atom. The lowest BCUT2D eigenvalue weighted by atomic mass is 10.1. The van der Waals surface area contributed by atoms with E-state index in [9.17, 15) is 9.59 Å². The number of hydrogen-bond acceptors (Lipinski definition) is 7. The summed E-state index contributed by atoms with van der Waals surface area (Å²) in [7, 11) is 4.12. The standard InChI is InChI=1S/C15H19N5O2S/c1-19-7-3-4-11(9-19)20(2)14-16-6-5-10(17-14)8-12-13(21)18-15(22)23-12/h5-6,8,11H,3-4,7,9H2,1-2H3,(H,18,21,22)/b12-8-. The predicted molar refractivity (Wildman–Crippen MR) is 90.1 cm³/mol. The van der Waals surface area contributed by atoms with Crippen LogP contribution < -0.4 is 10.2 Å². The molecule has 2 fully saturated rings. The molecule has 1 aromatic rings. The maximum absolute atomic E-state index is 11.6. The van der Waals surface area contributed by atoms with Gasteiger partial charge in [-0.3, -0.25) is 14.9 Å². The summed E-state index contributed by atoms with van der Waals surface area (Å²) in [4.78, 5) is 36.4. The zero-order valence-electron chi connectivity index (χ0n) is 13.2. The van der Waals surface area contributed by atoms with Gasteiger partial charge in [0.2, 0.25) is 5.95 Å². The molecule has 122 valence electrons. The van der Waals surface area contributed by atoms with Gasteiger partial charge < -0.3 is 9.80 Å². The van der Waals surface area contributed by atoms with Crippen molar-refractivity contribution in [1.82, 2.24) is 20.2 Å². The zero-order valence-corrected chi connectivity index (χ0v) is 14.0. The minimum atomic E-state index is -0.373. The molecule has 1 aromatic heterocycles. The highest BCUT2D eigenvalue weighted by molar-refractivity contribution is 8.18. The van der Waals surface area contributed by atoms with Crippen LogP contribution >= 0.6 is 11.8 Å². The monoisotopic (exact) mass is 333 g/mol. The first-order valence-electron chi connectivity index (χ1n) is 7.52. The first-order chi connectivity index (χ1) is 11.0. The lowest BCUT2D eigenvalue weighted by Crippen LogP contribution is -2.45. The number of carbonyl (C=O) groups is 2. The van der Waals surface area contributed by atoms with E-state index in [-0.39, 0.29) is 11.1 Å². The number of carbonyl (C=O) groups excluding carboxylic acids is 2. The van der Waals surface area contributed by atoms with Crippen LogP contribution in [0.2, 0.25) is 0 Å². The maximum atomic E-state index is 11.6. The molecule has 2 aliphatic rings. The molecule has 0 spiro atoms. The third-order valence-corrected chi connectivity index (χ3v) is 4.86. The normalized spacial score (nSPS) is 24.1. The lowest BCUT2D eigenvalue weighted by Gasteiger charge is -2.35. The molecule has 7 nitrogen and oxygen atoms in total. The average Bonchev–Trinajstić information content (AvgIpc) is 2.84. The van der Waals surface area contributed by atoms with Gasteiger partial charge in [-0.1, -0.05) is 0 Å². The van der Waals surface area contributed by atoms with E-state index >= 15 is 0 Å². The van der Waals surface area contributed by atoms with Crippen molar-refractivity contribution in [2.75, 3.05) is 32.1 Å². The van der Waals surface area contributed by atoms with Crippen LogP contribution in [0.15, 0.2) is 17.2 Å². The van der Waals surface area contributed by atoms with Crippen molar-refractivity contribution in [3.8, 4) is 0 Å². The molecule has 8 heteroatoms. The number of aromatic nitrogens is 2. The Balaban J connectivity index is 1.78. The van der Waals surface area contributed by atoms with Gasteiger partial charge in [0, 0.05) is 25.8 Å². The van der Waals surface area contributed by atoms with E-state index in [1.807, 2.05) is 7.05 Å². The minimum absolute atomic E-state index is 0.349. The lowest BCUT2D eigenvalue weighted by molar-refractivity contribution is -0.115. The summed E-state index contributed by atoms with van der Waals surface area (Å²) in [5.74, 6) is 0.261. The van der Waals surface area contributed by atoms with Gasteiger partial charge in [0.1, 0.15) is 0 Å². The van der Waals surface area contributed by atoms with Crippen molar-refractivity contribution in [3.05, 3.63) is 22.9 Å². The van der Waals surface area contributed by atoms with Gasteiger partial charge in [-0.2, -0.15) is 0 Å². The van der Waals surface area contributed by atoms with Crippen LogP contribution in [-0.2, 0) is 4.79 Å². The van der Waals surface area contributed by atoms with Gasteiger partial charge in [-0.05, 0) is 50.3 Å². The van der Waals surface area contributed by atoms with E-state index in [2.05, 4.69) is 32.1 Å². The largest absolute Gasteiger partial charge is 0.340 e. The van der Waals surface area contributed by atoms with Gasteiger partial charge in [0.25, 0.3) is 11.1 Å². The highest BCUT2D eigenvalue weighted by atomic mass is 32.2. The molecular weight excluding hydrogens is 314 g/mol. The summed E-state index contributed by atoms with van der Waals surface area (Å²) in [5, 5.41) is 1.89. The number of anilines is 1. The predicted octanol–water partition coefficient (Wildman–Crippen LogP) is 1.33. The summed E-state index contributed by atoms with van der Waals surface area (Å²) in [6.07, 6.45) is 5.57. The second-order valence-electron chi connectivity index (χ2n) is 5.80. The Hall–Kier alpha value is -1.93. The molecular formula is C15H19N5O2S. The van der Waals surface area contributed by atoms with Crippen LogP contribution in [0.1, 0.15) is 18.5 Å². The van der Waals surface area contributed by atoms with Crippen LogP contribution in [-0.4, -0.2) is 59.2 Å². The van der Waals surface area contributed by atoms with E-state index in [0.717, 1.165) is 37.7 Å². The van der Waals surface area contributed by atoms with Crippen LogP contribution in [0.5, 0.6) is 0 Å². The fraction of sp³-hybridized carbons (Fsp3) is 0.467. The summed E-state index contributed by atoms with van der Waals surface area (Å²) >= 11 is 0.892.